The first-order chi connectivity index (χ1) is 12.1. The molecule has 0 aliphatic heterocycles. The Morgan fingerprint density at radius 1 is 1.20 bits per heavy atom. The Balaban J connectivity index is 2.04. The lowest BCUT2D eigenvalue weighted by atomic mass is 10.2. The first-order valence-corrected chi connectivity index (χ1v) is 7.51. The molecule has 1 aromatic carbocycles. The van der Waals surface area contributed by atoms with Crippen LogP contribution in [0.5, 0.6) is 11.5 Å². The van der Waals surface area contributed by atoms with Gasteiger partial charge in [-0.3, -0.25) is 14.6 Å². The Morgan fingerprint density at radius 3 is 2.64 bits per heavy atom. The van der Waals surface area contributed by atoms with E-state index in [1.807, 2.05) is 6.92 Å². The predicted octanol–water partition coefficient (Wildman–Crippen LogP) is 1.11. The van der Waals surface area contributed by atoms with Crippen molar-refractivity contribution in [2.24, 2.45) is 10.8 Å². The number of hydrazone groups is 1. The third-order valence-electron chi connectivity index (χ3n) is 2.96. The van der Waals surface area contributed by atoms with Crippen LogP contribution in [-0.4, -0.2) is 36.2 Å². The summed E-state index contributed by atoms with van der Waals surface area (Å²) in [6, 6.07) is 8.20. The molecule has 0 aliphatic rings. The number of carbonyl (C=O) groups is 2. The monoisotopic (exact) mass is 342 g/mol. The second-order valence-electron chi connectivity index (χ2n) is 4.83. The minimum Gasteiger partial charge on any atom is -0.490 e. The first-order valence-electron chi connectivity index (χ1n) is 7.51. The summed E-state index contributed by atoms with van der Waals surface area (Å²) in [5, 5.41) is 3.91. The summed E-state index contributed by atoms with van der Waals surface area (Å²) in [6.45, 7) is 2.01. The largest absolute Gasteiger partial charge is 0.490 e. The summed E-state index contributed by atoms with van der Waals surface area (Å²) in [5.41, 5.74) is 8.63. The maximum absolute atomic E-state index is 11.9. The molecule has 2 amide bonds. The van der Waals surface area contributed by atoms with E-state index in [4.69, 9.17) is 15.2 Å². The molecule has 2 aromatic rings. The van der Waals surface area contributed by atoms with Gasteiger partial charge >= 0.3 is 0 Å². The molecule has 3 N–H and O–H groups in total. The van der Waals surface area contributed by atoms with E-state index >= 15 is 0 Å². The van der Waals surface area contributed by atoms with Crippen molar-refractivity contribution in [3.63, 3.8) is 0 Å². The number of nitrogens with one attached hydrogen (secondary N) is 1. The van der Waals surface area contributed by atoms with Gasteiger partial charge in [-0.25, -0.2) is 5.43 Å². The van der Waals surface area contributed by atoms with Gasteiger partial charge < -0.3 is 15.2 Å². The molecule has 0 bridgehead atoms. The Kier molecular flexibility index (Phi) is 6.47. The molecule has 1 aromatic heterocycles. The molecule has 0 radical (unpaired) electrons. The zero-order chi connectivity index (χ0) is 18.1. The van der Waals surface area contributed by atoms with Crippen LogP contribution in [0.2, 0.25) is 0 Å². The van der Waals surface area contributed by atoms with Crippen LogP contribution in [0.25, 0.3) is 0 Å². The highest BCUT2D eigenvalue weighted by molar-refractivity contribution is 5.94. The maximum Gasteiger partial charge on any atom is 0.271 e. The molecule has 2 rings (SSSR count). The van der Waals surface area contributed by atoms with Gasteiger partial charge in [0.05, 0.1) is 12.8 Å². The molecule has 0 spiro atoms. The second-order valence-corrected chi connectivity index (χ2v) is 4.83. The van der Waals surface area contributed by atoms with Gasteiger partial charge in [0.1, 0.15) is 0 Å². The van der Waals surface area contributed by atoms with E-state index in [9.17, 15) is 9.59 Å². The summed E-state index contributed by atoms with van der Waals surface area (Å²) < 4.78 is 10.8. The van der Waals surface area contributed by atoms with Crippen LogP contribution in [0.3, 0.4) is 0 Å². The van der Waals surface area contributed by atoms with Crippen molar-refractivity contribution in [3.05, 3.63) is 53.9 Å². The summed E-state index contributed by atoms with van der Waals surface area (Å²) in [6.07, 6.45) is 4.52. The lowest BCUT2D eigenvalue weighted by Gasteiger charge is -2.11. The zero-order valence-corrected chi connectivity index (χ0v) is 13.6. The fraction of sp³-hybridized carbons (Fsp3) is 0.176. The average Bonchev–Trinajstić information content (AvgIpc) is 2.62. The number of pyridine rings is 1. The van der Waals surface area contributed by atoms with Crippen LogP contribution in [0.1, 0.15) is 22.8 Å². The smallest absolute Gasteiger partial charge is 0.271 e. The van der Waals surface area contributed by atoms with E-state index in [1.165, 1.54) is 18.6 Å². The van der Waals surface area contributed by atoms with Crippen LogP contribution >= 0.6 is 0 Å². The molecule has 0 saturated heterocycles. The zero-order valence-electron chi connectivity index (χ0n) is 13.6. The Morgan fingerprint density at radius 2 is 1.96 bits per heavy atom. The molecule has 8 nitrogen and oxygen atoms in total. The normalized spacial score (nSPS) is 10.4. The lowest BCUT2D eigenvalue weighted by Crippen LogP contribution is -2.20. The molecule has 0 atom stereocenters. The van der Waals surface area contributed by atoms with Crippen LogP contribution in [0.4, 0.5) is 0 Å². The van der Waals surface area contributed by atoms with E-state index < -0.39 is 5.91 Å². The molecule has 8 heteroatoms. The van der Waals surface area contributed by atoms with Gasteiger partial charge in [0.2, 0.25) is 0 Å². The molecule has 0 saturated carbocycles. The van der Waals surface area contributed by atoms with Gasteiger partial charge in [-0.2, -0.15) is 5.10 Å². The molecule has 0 unspecified atom stereocenters. The number of amides is 2. The van der Waals surface area contributed by atoms with Gasteiger partial charge in [-0.05, 0) is 42.8 Å². The summed E-state index contributed by atoms with van der Waals surface area (Å²) in [5.74, 6) is -0.0659. The predicted molar refractivity (Wildman–Crippen MR) is 91.6 cm³/mol. The van der Waals surface area contributed by atoms with E-state index in [1.54, 1.807) is 30.3 Å². The van der Waals surface area contributed by atoms with Crippen molar-refractivity contribution in [1.29, 1.82) is 0 Å². The molecule has 130 valence electrons. The van der Waals surface area contributed by atoms with Crippen LogP contribution < -0.4 is 20.6 Å². The number of carbonyl (C=O) groups excluding carboxylic acids is 2. The highest BCUT2D eigenvalue weighted by Crippen LogP contribution is 2.27. The van der Waals surface area contributed by atoms with Crippen molar-refractivity contribution < 1.29 is 19.1 Å². The third kappa shape index (κ3) is 5.61. The quantitative estimate of drug-likeness (QED) is 0.551. The van der Waals surface area contributed by atoms with Crippen molar-refractivity contribution in [2.45, 2.75) is 6.92 Å². The Hall–Kier alpha value is -3.42. The Bertz CT molecular complexity index is 762. The number of nitrogens with zero attached hydrogens (tertiary/aromatic N) is 2. The van der Waals surface area contributed by atoms with Gasteiger partial charge in [-0.15, -0.1) is 0 Å². The van der Waals surface area contributed by atoms with E-state index in [0.29, 0.717) is 29.2 Å². The van der Waals surface area contributed by atoms with Gasteiger partial charge in [0, 0.05) is 18.0 Å². The van der Waals surface area contributed by atoms with Crippen molar-refractivity contribution >= 4 is 18.0 Å². The lowest BCUT2D eigenvalue weighted by molar-refractivity contribution is -0.119. The van der Waals surface area contributed by atoms with Gasteiger partial charge in [0.15, 0.2) is 18.1 Å². The van der Waals surface area contributed by atoms with Crippen molar-refractivity contribution in [1.82, 2.24) is 10.4 Å². The van der Waals surface area contributed by atoms with Crippen LogP contribution in [-0.2, 0) is 4.79 Å². The highest BCUT2D eigenvalue weighted by atomic mass is 16.5. The number of hydrogen-bond donors (Lipinski definition) is 2. The molecule has 0 aliphatic carbocycles. The maximum atomic E-state index is 11.9. The number of hydrogen-bond acceptors (Lipinski definition) is 6. The minimum absolute atomic E-state index is 0.241. The molecule has 1 heterocycles. The van der Waals surface area contributed by atoms with Gasteiger partial charge in [-0.1, -0.05) is 0 Å². The number of ether oxygens (including phenoxy) is 2. The number of benzene rings is 1. The number of rotatable bonds is 8. The van der Waals surface area contributed by atoms with Crippen LogP contribution in [0.15, 0.2) is 47.8 Å². The summed E-state index contributed by atoms with van der Waals surface area (Å²) in [4.78, 5) is 26.5. The molecule has 25 heavy (non-hydrogen) atoms. The summed E-state index contributed by atoms with van der Waals surface area (Å²) in [7, 11) is 0. The number of aromatic nitrogens is 1. The van der Waals surface area contributed by atoms with E-state index in [0.717, 1.165) is 0 Å². The van der Waals surface area contributed by atoms with Gasteiger partial charge in [0.25, 0.3) is 11.8 Å². The fourth-order valence-electron chi connectivity index (χ4n) is 1.87. The molecule has 0 fully saturated rings. The van der Waals surface area contributed by atoms with E-state index in [2.05, 4.69) is 15.5 Å². The Labute approximate surface area is 144 Å². The van der Waals surface area contributed by atoms with Crippen LogP contribution in [0, 0.1) is 0 Å². The number of nitrogens with two attached hydrogens (primary N) is 1. The molecular formula is C17H18N4O4. The van der Waals surface area contributed by atoms with Crippen molar-refractivity contribution in [2.75, 3.05) is 13.2 Å². The topological polar surface area (TPSA) is 116 Å². The third-order valence-corrected chi connectivity index (χ3v) is 2.96. The standard InChI is InChI=1S/C17H18N4O4/c1-2-24-15-9-12(3-4-14(15)25-11-16(18)22)10-20-21-17(23)13-5-7-19-8-6-13/h3-10H,2,11H2,1H3,(H2,18,22)(H,21,23)/b20-10+. The molecular weight excluding hydrogens is 324 g/mol. The minimum atomic E-state index is -0.577. The van der Waals surface area contributed by atoms with E-state index in [-0.39, 0.29) is 12.5 Å². The second kappa shape index (κ2) is 9.02. The SMILES string of the molecule is CCOc1cc(/C=N/NC(=O)c2ccncc2)ccc1OCC(N)=O. The summed E-state index contributed by atoms with van der Waals surface area (Å²) >= 11 is 0. The number of primary amides is 1. The highest BCUT2D eigenvalue weighted by Gasteiger charge is 2.07. The fourth-order valence-corrected chi connectivity index (χ4v) is 1.87. The average molecular weight is 342 g/mol. The first kappa shape index (κ1) is 17.9. The van der Waals surface area contributed by atoms with Crippen molar-refractivity contribution in [3.8, 4) is 11.5 Å².